The second-order valence-corrected chi connectivity index (χ2v) is 2.82. The lowest BCUT2D eigenvalue weighted by molar-refractivity contribution is 0.270. The molecule has 0 N–H and O–H groups in total. The van der Waals surface area contributed by atoms with Crippen LogP contribution >= 0.6 is 0 Å². The van der Waals surface area contributed by atoms with Crippen LogP contribution in [0.5, 0.6) is 5.75 Å². The molecule has 1 aromatic carbocycles. The maximum absolute atomic E-state index is 12.5. The van der Waals surface area contributed by atoms with Gasteiger partial charge in [-0.05, 0) is 36.4 Å². The lowest BCUT2D eigenvalue weighted by Gasteiger charge is -2.02. The molecule has 1 aromatic heterocycles. The van der Waals surface area contributed by atoms with Crippen molar-refractivity contribution in [1.82, 2.24) is 0 Å². The van der Waals surface area contributed by atoms with E-state index in [4.69, 9.17) is 9.15 Å². The van der Waals surface area contributed by atoms with Gasteiger partial charge in [-0.15, -0.1) is 0 Å². The Kier molecular flexibility index (Phi) is 2.49. The Hall–Kier alpha value is -1.77. The standard InChI is InChI=1S/C11H9FO2/c12-9-3-5-10(6-4-9)14-8-11-2-1-7-13-11/h1-7H,8H2. The largest absolute Gasteiger partial charge is 0.486 e. The molecule has 2 nitrogen and oxygen atoms in total. The van der Waals surface area contributed by atoms with Gasteiger partial charge in [-0.1, -0.05) is 0 Å². The van der Waals surface area contributed by atoms with Crippen LogP contribution in [-0.4, -0.2) is 0 Å². The van der Waals surface area contributed by atoms with Gasteiger partial charge in [0, 0.05) is 0 Å². The van der Waals surface area contributed by atoms with E-state index in [9.17, 15) is 4.39 Å². The molecule has 0 atom stereocenters. The van der Waals surface area contributed by atoms with E-state index < -0.39 is 0 Å². The quantitative estimate of drug-likeness (QED) is 0.745. The average Bonchev–Trinajstić information content (AvgIpc) is 2.70. The topological polar surface area (TPSA) is 22.4 Å². The molecular formula is C11H9FO2. The van der Waals surface area contributed by atoms with Crippen LogP contribution in [0.2, 0.25) is 0 Å². The van der Waals surface area contributed by atoms with E-state index in [2.05, 4.69) is 0 Å². The first kappa shape index (κ1) is 8.81. The Labute approximate surface area is 80.9 Å². The predicted octanol–water partition coefficient (Wildman–Crippen LogP) is 3.00. The van der Waals surface area contributed by atoms with E-state index in [1.807, 2.05) is 6.07 Å². The van der Waals surface area contributed by atoms with Crippen LogP contribution in [0.4, 0.5) is 4.39 Å². The number of ether oxygens (including phenoxy) is 1. The number of halogens is 1. The van der Waals surface area contributed by atoms with Gasteiger partial charge in [-0.25, -0.2) is 4.39 Å². The lowest BCUT2D eigenvalue weighted by Crippen LogP contribution is -1.93. The SMILES string of the molecule is Fc1ccc(OCc2ccco2)cc1. The van der Waals surface area contributed by atoms with Gasteiger partial charge in [0.15, 0.2) is 0 Å². The molecule has 0 aliphatic rings. The molecule has 0 bridgehead atoms. The first-order chi connectivity index (χ1) is 6.84. The Morgan fingerprint density at radius 2 is 1.93 bits per heavy atom. The van der Waals surface area contributed by atoms with Crippen molar-refractivity contribution in [2.24, 2.45) is 0 Å². The summed E-state index contributed by atoms with van der Waals surface area (Å²) in [5, 5.41) is 0. The zero-order valence-electron chi connectivity index (χ0n) is 7.44. The van der Waals surface area contributed by atoms with Crippen molar-refractivity contribution in [3.05, 3.63) is 54.2 Å². The summed E-state index contributed by atoms with van der Waals surface area (Å²) < 4.78 is 23.0. The van der Waals surface area contributed by atoms with Crippen LogP contribution in [0.25, 0.3) is 0 Å². The molecule has 0 radical (unpaired) electrons. The zero-order chi connectivity index (χ0) is 9.80. The van der Waals surface area contributed by atoms with Gasteiger partial charge in [0.1, 0.15) is 23.9 Å². The van der Waals surface area contributed by atoms with Crippen molar-refractivity contribution in [3.63, 3.8) is 0 Å². The van der Waals surface area contributed by atoms with Crippen molar-refractivity contribution < 1.29 is 13.5 Å². The summed E-state index contributed by atoms with van der Waals surface area (Å²) in [6.07, 6.45) is 1.59. The summed E-state index contributed by atoms with van der Waals surface area (Å²) >= 11 is 0. The van der Waals surface area contributed by atoms with Crippen molar-refractivity contribution in [3.8, 4) is 5.75 Å². The second kappa shape index (κ2) is 3.96. The molecule has 2 aromatic rings. The highest BCUT2D eigenvalue weighted by Crippen LogP contribution is 2.13. The highest BCUT2D eigenvalue weighted by molar-refractivity contribution is 5.22. The van der Waals surface area contributed by atoms with E-state index >= 15 is 0 Å². The third kappa shape index (κ3) is 2.13. The molecule has 14 heavy (non-hydrogen) atoms. The number of hydrogen-bond acceptors (Lipinski definition) is 2. The van der Waals surface area contributed by atoms with Gasteiger partial charge >= 0.3 is 0 Å². The van der Waals surface area contributed by atoms with Crippen LogP contribution in [0.15, 0.2) is 47.1 Å². The Morgan fingerprint density at radius 3 is 2.57 bits per heavy atom. The molecule has 0 saturated carbocycles. The molecule has 2 rings (SSSR count). The number of benzene rings is 1. The zero-order valence-corrected chi connectivity index (χ0v) is 7.44. The fraction of sp³-hybridized carbons (Fsp3) is 0.0909. The Bertz CT molecular complexity index is 378. The summed E-state index contributed by atoms with van der Waals surface area (Å²) in [7, 11) is 0. The van der Waals surface area contributed by atoms with Crippen molar-refractivity contribution in [1.29, 1.82) is 0 Å². The molecule has 0 fully saturated rings. The highest BCUT2D eigenvalue weighted by atomic mass is 19.1. The summed E-state index contributed by atoms with van der Waals surface area (Å²) in [6, 6.07) is 9.50. The molecule has 72 valence electrons. The van der Waals surface area contributed by atoms with Crippen LogP contribution in [0.1, 0.15) is 5.76 Å². The number of hydrogen-bond donors (Lipinski definition) is 0. The Morgan fingerprint density at radius 1 is 1.14 bits per heavy atom. The summed E-state index contributed by atoms with van der Waals surface area (Å²) in [5.41, 5.74) is 0. The average molecular weight is 192 g/mol. The molecule has 0 spiro atoms. The molecule has 0 aliphatic carbocycles. The second-order valence-electron chi connectivity index (χ2n) is 2.82. The maximum Gasteiger partial charge on any atom is 0.146 e. The van der Waals surface area contributed by atoms with Crippen molar-refractivity contribution in [2.45, 2.75) is 6.61 Å². The first-order valence-corrected chi connectivity index (χ1v) is 4.25. The summed E-state index contributed by atoms with van der Waals surface area (Å²) in [4.78, 5) is 0. The minimum Gasteiger partial charge on any atom is -0.486 e. The lowest BCUT2D eigenvalue weighted by atomic mass is 10.3. The van der Waals surface area contributed by atoms with Gasteiger partial charge in [-0.2, -0.15) is 0 Å². The first-order valence-electron chi connectivity index (χ1n) is 4.25. The number of rotatable bonds is 3. The van der Waals surface area contributed by atoms with Crippen LogP contribution in [0.3, 0.4) is 0 Å². The van der Waals surface area contributed by atoms with Crippen LogP contribution in [0, 0.1) is 5.82 Å². The maximum atomic E-state index is 12.5. The van der Waals surface area contributed by atoms with Crippen LogP contribution in [-0.2, 0) is 6.61 Å². The molecule has 0 unspecified atom stereocenters. The number of furan rings is 1. The molecule has 3 heteroatoms. The van der Waals surface area contributed by atoms with E-state index in [1.165, 1.54) is 12.1 Å². The van der Waals surface area contributed by atoms with Gasteiger partial charge in [0.25, 0.3) is 0 Å². The van der Waals surface area contributed by atoms with Crippen molar-refractivity contribution in [2.75, 3.05) is 0 Å². The van der Waals surface area contributed by atoms with Gasteiger partial charge < -0.3 is 9.15 Å². The minimum atomic E-state index is -0.268. The third-order valence-corrected chi connectivity index (χ3v) is 1.77. The molecule has 0 saturated heterocycles. The summed E-state index contributed by atoms with van der Waals surface area (Å²) in [5.74, 6) is 1.10. The fourth-order valence-corrected chi connectivity index (χ4v) is 1.08. The monoisotopic (exact) mass is 192 g/mol. The Balaban J connectivity index is 1.95. The van der Waals surface area contributed by atoms with Crippen LogP contribution < -0.4 is 4.74 Å². The predicted molar refractivity (Wildman–Crippen MR) is 49.4 cm³/mol. The minimum absolute atomic E-state index is 0.268. The van der Waals surface area contributed by atoms with Gasteiger partial charge in [-0.3, -0.25) is 0 Å². The van der Waals surface area contributed by atoms with E-state index in [1.54, 1.807) is 24.5 Å². The molecule has 0 amide bonds. The van der Waals surface area contributed by atoms with E-state index in [0.29, 0.717) is 12.4 Å². The smallest absolute Gasteiger partial charge is 0.146 e. The van der Waals surface area contributed by atoms with E-state index in [0.717, 1.165) is 5.76 Å². The van der Waals surface area contributed by atoms with Crippen molar-refractivity contribution >= 4 is 0 Å². The third-order valence-electron chi connectivity index (χ3n) is 1.77. The highest BCUT2D eigenvalue weighted by Gasteiger charge is 1.97. The molecule has 0 aliphatic heterocycles. The fourth-order valence-electron chi connectivity index (χ4n) is 1.08. The molecular weight excluding hydrogens is 183 g/mol. The normalized spacial score (nSPS) is 10.1. The van der Waals surface area contributed by atoms with Gasteiger partial charge in [0.05, 0.1) is 6.26 Å². The molecule has 1 heterocycles. The summed E-state index contributed by atoms with van der Waals surface area (Å²) in [6.45, 7) is 0.360. The van der Waals surface area contributed by atoms with Gasteiger partial charge in [0.2, 0.25) is 0 Å². The van der Waals surface area contributed by atoms with E-state index in [-0.39, 0.29) is 5.82 Å².